The molecule has 3 aliphatic carbocycles. The first-order chi connectivity index (χ1) is 11.2. The second kappa shape index (κ2) is 15.8. The zero-order valence-electron chi connectivity index (χ0n) is 15.2. The van der Waals surface area contributed by atoms with Crippen LogP contribution in [0.2, 0.25) is 0 Å². The molecule has 130 valence electrons. The van der Waals surface area contributed by atoms with Gasteiger partial charge in [0.1, 0.15) is 0 Å². The van der Waals surface area contributed by atoms with E-state index in [0.29, 0.717) is 0 Å². The molecule has 3 fully saturated rings. The molecule has 2 heteroatoms. The summed E-state index contributed by atoms with van der Waals surface area (Å²) < 4.78 is 0. The SMILES string of the molecule is CC[C-]=C(CC)C1(O)CCCCC1.[CH]1[CH][CH][CH][CH]1.[CH]1[CH][CH][CH][CH]1.[Zr]. The first-order valence-electron chi connectivity index (χ1n) is 8.89. The van der Waals surface area contributed by atoms with E-state index in [1.807, 2.05) is 64.2 Å². The third-order valence-corrected chi connectivity index (χ3v) is 4.10. The van der Waals surface area contributed by atoms with Crippen LogP contribution in [0.4, 0.5) is 0 Å². The van der Waals surface area contributed by atoms with Crippen molar-refractivity contribution in [1.29, 1.82) is 0 Å². The second-order valence-electron chi connectivity index (χ2n) is 5.88. The Balaban J connectivity index is 0.000000393. The molecular formula is C22H31OZr-. The van der Waals surface area contributed by atoms with Crippen molar-refractivity contribution >= 4 is 0 Å². The third-order valence-electron chi connectivity index (χ3n) is 4.10. The molecule has 0 aromatic heterocycles. The van der Waals surface area contributed by atoms with Gasteiger partial charge in [0, 0.05) is 26.2 Å². The van der Waals surface area contributed by atoms with E-state index >= 15 is 0 Å². The van der Waals surface area contributed by atoms with Crippen molar-refractivity contribution in [3.8, 4) is 0 Å². The van der Waals surface area contributed by atoms with Crippen LogP contribution in [0.25, 0.3) is 0 Å². The first kappa shape index (κ1) is 24.6. The standard InChI is InChI=1S/C12H21O.2C5H5.Zr/c1-3-8-11(4-2)12(13)9-6-5-7-10-12;2*1-2-4-5-3-1;/h13H,3-7,9-10H2,1-2H3;2*1-5H;/q-1;;;. The molecular weight excluding hydrogens is 371 g/mol. The van der Waals surface area contributed by atoms with E-state index in [1.54, 1.807) is 0 Å². The maximum atomic E-state index is 10.4. The van der Waals surface area contributed by atoms with Gasteiger partial charge in [0.15, 0.2) is 0 Å². The predicted octanol–water partition coefficient (Wildman–Crippen LogP) is 5.27. The van der Waals surface area contributed by atoms with Gasteiger partial charge in [-0.05, 0) is 77.0 Å². The molecule has 0 unspecified atom stereocenters. The molecule has 0 aliphatic heterocycles. The van der Waals surface area contributed by atoms with Gasteiger partial charge in [-0.2, -0.15) is 6.42 Å². The van der Waals surface area contributed by atoms with Gasteiger partial charge >= 0.3 is 0 Å². The van der Waals surface area contributed by atoms with Crippen molar-refractivity contribution in [3.05, 3.63) is 75.9 Å². The predicted molar refractivity (Wildman–Crippen MR) is 98.4 cm³/mol. The van der Waals surface area contributed by atoms with Crippen molar-refractivity contribution in [1.82, 2.24) is 0 Å². The van der Waals surface area contributed by atoms with Crippen LogP contribution in [0.5, 0.6) is 0 Å². The van der Waals surface area contributed by atoms with Gasteiger partial charge in [-0.15, -0.1) is 0 Å². The summed E-state index contributed by atoms with van der Waals surface area (Å²) in [5.74, 6) is 0. The summed E-state index contributed by atoms with van der Waals surface area (Å²) in [6, 6.07) is 0. The van der Waals surface area contributed by atoms with Gasteiger partial charge in [0.05, 0.1) is 5.60 Å². The minimum Gasteiger partial charge on any atom is -0.495 e. The summed E-state index contributed by atoms with van der Waals surface area (Å²) in [7, 11) is 0. The second-order valence-corrected chi connectivity index (χ2v) is 5.88. The molecule has 0 saturated heterocycles. The van der Waals surface area contributed by atoms with Gasteiger partial charge in [-0.1, -0.05) is 39.5 Å². The molecule has 0 heterocycles. The van der Waals surface area contributed by atoms with Crippen molar-refractivity contribution in [2.45, 2.75) is 64.4 Å². The van der Waals surface area contributed by atoms with E-state index in [0.717, 1.165) is 31.3 Å². The topological polar surface area (TPSA) is 20.2 Å². The number of hydrogen-bond acceptors (Lipinski definition) is 1. The van der Waals surface area contributed by atoms with Crippen molar-refractivity contribution in [2.24, 2.45) is 0 Å². The van der Waals surface area contributed by atoms with Gasteiger partial charge in [-0.25, -0.2) is 5.57 Å². The maximum Gasteiger partial charge on any atom is 0.0542 e. The monoisotopic (exact) mass is 401 g/mol. The zero-order valence-corrected chi connectivity index (χ0v) is 17.6. The fourth-order valence-corrected chi connectivity index (χ4v) is 2.91. The van der Waals surface area contributed by atoms with Gasteiger partial charge in [0.2, 0.25) is 0 Å². The van der Waals surface area contributed by atoms with Gasteiger partial charge in [-0.3, -0.25) is 0 Å². The van der Waals surface area contributed by atoms with Crippen LogP contribution in [-0.4, -0.2) is 10.7 Å². The van der Waals surface area contributed by atoms with Crippen LogP contribution in [0, 0.1) is 70.3 Å². The Bertz CT molecular complexity index is 272. The molecule has 0 atom stereocenters. The van der Waals surface area contributed by atoms with E-state index in [1.165, 1.54) is 19.3 Å². The Hall–Kier alpha value is 0.583. The molecule has 1 nitrogen and oxygen atoms in total. The smallest absolute Gasteiger partial charge is 0.0542 e. The van der Waals surface area contributed by atoms with E-state index in [-0.39, 0.29) is 26.2 Å². The number of hydrogen-bond donors (Lipinski definition) is 1. The fourth-order valence-electron chi connectivity index (χ4n) is 2.91. The molecule has 0 bridgehead atoms. The van der Waals surface area contributed by atoms with Crippen LogP contribution in [-0.2, 0) is 26.2 Å². The van der Waals surface area contributed by atoms with Crippen molar-refractivity contribution in [3.63, 3.8) is 0 Å². The first-order valence-corrected chi connectivity index (χ1v) is 8.89. The van der Waals surface area contributed by atoms with Crippen molar-refractivity contribution in [2.75, 3.05) is 0 Å². The average Bonchev–Trinajstić information content (AvgIpc) is 3.31. The Morgan fingerprint density at radius 3 is 1.46 bits per heavy atom. The van der Waals surface area contributed by atoms with Gasteiger partial charge in [0.25, 0.3) is 0 Å². The summed E-state index contributed by atoms with van der Waals surface area (Å²) >= 11 is 0. The van der Waals surface area contributed by atoms with Gasteiger partial charge < -0.3 is 11.2 Å². The molecule has 1 N–H and O–H groups in total. The van der Waals surface area contributed by atoms with Crippen molar-refractivity contribution < 1.29 is 31.3 Å². The number of allylic oxidation sites excluding steroid dienone is 1. The summed E-state index contributed by atoms with van der Waals surface area (Å²) in [6.45, 7) is 4.20. The Labute approximate surface area is 171 Å². The molecule has 0 aromatic rings. The van der Waals surface area contributed by atoms with E-state index in [4.69, 9.17) is 0 Å². The summed E-state index contributed by atoms with van der Waals surface area (Å²) in [4.78, 5) is 0. The largest absolute Gasteiger partial charge is 0.495 e. The number of rotatable bonds is 3. The normalized spacial score (nSPS) is 22.5. The minimum absolute atomic E-state index is 0. The average molecular weight is 403 g/mol. The van der Waals surface area contributed by atoms with Crippen LogP contribution >= 0.6 is 0 Å². The Kier molecular flexibility index (Phi) is 16.2. The quantitative estimate of drug-likeness (QED) is 0.637. The van der Waals surface area contributed by atoms with E-state index in [9.17, 15) is 5.11 Å². The Morgan fingerprint density at radius 1 is 0.792 bits per heavy atom. The van der Waals surface area contributed by atoms with Crippen LogP contribution < -0.4 is 0 Å². The van der Waals surface area contributed by atoms with Crippen LogP contribution in [0.3, 0.4) is 0 Å². The third kappa shape index (κ3) is 10.5. The maximum absolute atomic E-state index is 10.4. The molecule has 3 saturated carbocycles. The molecule has 3 aliphatic rings. The van der Waals surface area contributed by atoms with E-state index < -0.39 is 5.60 Å². The molecule has 0 amide bonds. The van der Waals surface area contributed by atoms with Crippen LogP contribution in [0.15, 0.2) is 5.57 Å². The summed E-state index contributed by atoms with van der Waals surface area (Å²) in [5, 5.41) is 10.4. The summed E-state index contributed by atoms with van der Waals surface area (Å²) in [6.07, 6.45) is 30.7. The zero-order chi connectivity index (χ0) is 16.8. The molecule has 10 radical (unpaired) electrons. The number of aliphatic hydroxyl groups is 1. The summed E-state index contributed by atoms with van der Waals surface area (Å²) in [5.41, 5.74) is 0.651. The Morgan fingerprint density at radius 2 is 1.17 bits per heavy atom. The molecule has 24 heavy (non-hydrogen) atoms. The molecule has 3 rings (SSSR count). The van der Waals surface area contributed by atoms with Crippen LogP contribution in [0.1, 0.15) is 58.8 Å². The molecule has 0 aromatic carbocycles. The minimum atomic E-state index is -0.497. The van der Waals surface area contributed by atoms with E-state index in [2.05, 4.69) is 19.9 Å². The fraction of sp³-hybridized carbons (Fsp3) is 0.455. The molecule has 0 spiro atoms.